The second-order valence-corrected chi connectivity index (χ2v) is 12.3. The molecule has 0 saturated heterocycles. The minimum Gasteiger partial charge on any atom is -0.519 e. The summed E-state index contributed by atoms with van der Waals surface area (Å²) in [5.74, 6) is 0.166. The highest BCUT2D eigenvalue weighted by atomic mass is 28.4. The number of allylic oxidation sites excluding steroid dienone is 2. The maximum atomic E-state index is 12.0. The first kappa shape index (κ1) is 18.1. The van der Waals surface area contributed by atoms with Gasteiger partial charge in [-0.3, -0.25) is 9.59 Å². The van der Waals surface area contributed by atoms with E-state index in [0.717, 1.165) is 24.8 Å². The first-order valence-corrected chi connectivity index (χ1v) is 10.9. The monoisotopic (exact) mass is 310 g/mol. The molecule has 3 nitrogen and oxygen atoms in total. The fourth-order valence-electron chi connectivity index (χ4n) is 2.30. The van der Waals surface area contributed by atoms with Gasteiger partial charge < -0.3 is 4.43 Å². The molecular formula is C17H30O3Si. The summed E-state index contributed by atoms with van der Waals surface area (Å²) in [7, 11) is -2.01. The number of carbonyl (C=O) groups is 2. The summed E-state index contributed by atoms with van der Waals surface area (Å²) in [6, 6.07) is 0. The zero-order chi connectivity index (χ0) is 16.3. The zero-order valence-electron chi connectivity index (χ0n) is 14.5. The van der Waals surface area contributed by atoms with E-state index in [0.29, 0.717) is 19.3 Å². The lowest BCUT2D eigenvalue weighted by molar-refractivity contribution is -0.135. The largest absolute Gasteiger partial charge is 0.519 e. The van der Waals surface area contributed by atoms with Crippen molar-refractivity contribution < 1.29 is 14.0 Å². The van der Waals surface area contributed by atoms with Gasteiger partial charge in [0.25, 0.3) is 14.3 Å². The van der Waals surface area contributed by atoms with Crippen molar-refractivity contribution in [3.8, 4) is 0 Å². The number of rotatable bonds is 5. The molecule has 1 aliphatic rings. The summed E-state index contributed by atoms with van der Waals surface area (Å²) >= 11 is 0. The fraction of sp³-hybridized carbons (Fsp3) is 0.765. The molecule has 4 heteroatoms. The molecule has 0 spiro atoms. The normalized spacial score (nSPS) is 17.1. The van der Waals surface area contributed by atoms with Gasteiger partial charge in [0.15, 0.2) is 5.78 Å². The van der Waals surface area contributed by atoms with Crippen LogP contribution in [0.5, 0.6) is 0 Å². The van der Waals surface area contributed by atoms with Crippen LogP contribution in [0.15, 0.2) is 11.1 Å². The Kier molecular flexibility index (Phi) is 5.97. The first-order valence-electron chi connectivity index (χ1n) is 7.98. The van der Waals surface area contributed by atoms with Gasteiger partial charge in [0.2, 0.25) is 0 Å². The molecule has 0 heterocycles. The third-order valence-corrected chi connectivity index (χ3v) is 9.14. The van der Waals surface area contributed by atoms with Gasteiger partial charge in [0.05, 0.1) is 0 Å². The molecule has 0 radical (unpaired) electrons. The van der Waals surface area contributed by atoms with Crippen LogP contribution in [0.3, 0.4) is 0 Å². The van der Waals surface area contributed by atoms with E-state index in [4.69, 9.17) is 4.43 Å². The van der Waals surface area contributed by atoms with Gasteiger partial charge in [-0.25, -0.2) is 0 Å². The number of Topliss-reactive ketones (excluding diaryl/α,β-unsaturated/α-hetero) is 1. The lowest BCUT2D eigenvalue weighted by Crippen LogP contribution is -2.42. The third-order valence-electron chi connectivity index (χ3n) is 4.79. The molecule has 0 amide bonds. The third kappa shape index (κ3) is 5.10. The van der Waals surface area contributed by atoms with E-state index in [9.17, 15) is 9.59 Å². The first-order chi connectivity index (χ1) is 9.54. The van der Waals surface area contributed by atoms with Gasteiger partial charge in [-0.2, -0.15) is 0 Å². The lowest BCUT2D eigenvalue weighted by atomic mass is 9.88. The van der Waals surface area contributed by atoms with Crippen LogP contribution in [0.1, 0.15) is 66.2 Å². The molecule has 0 N–H and O–H groups in total. The van der Waals surface area contributed by atoms with Crippen LogP contribution in [0.2, 0.25) is 18.1 Å². The van der Waals surface area contributed by atoms with Crippen molar-refractivity contribution in [1.82, 2.24) is 0 Å². The van der Waals surface area contributed by atoms with E-state index < -0.39 is 8.32 Å². The number of ketones is 1. The average molecular weight is 311 g/mol. The molecule has 1 rings (SSSR count). The van der Waals surface area contributed by atoms with Crippen molar-refractivity contribution in [2.45, 2.75) is 84.4 Å². The predicted molar refractivity (Wildman–Crippen MR) is 88.7 cm³/mol. The summed E-state index contributed by atoms with van der Waals surface area (Å²) in [5.41, 5.74) is 2.17. The molecule has 0 fully saturated rings. The standard InChI is InChI=1S/C17H30O3Si/c1-13-9-7-11-15(18)14(13)10-8-12-16(19)20-21(5,6)17(2,3)4/h7-12H2,1-6H3. The van der Waals surface area contributed by atoms with Gasteiger partial charge in [0.1, 0.15) is 0 Å². The minimum atomic E-state index is -2.01. The van der Waals surface area contributed by atoms with Gasteiger partial charge in [-0.1, -0.05) is 26.3 Å². The Morgan fingerprint density at radius 3 is 2.38 bits per heavy atom. The predicted octanol–water partition coefficient (Wildman–Crippen LogP) is 4.77. The topological polar surface area (TPSA) is 43.4 Å². The molecule has 0 saturated carbocycles. The second kappa shape index (κ2) is 6.90. The summed E-state index contributed by atoms with van der Waals surface area (Å²) in [6.07, 6.45) is 4.51. The highest BCUT2D eigenvalue weighted by Crippen LogP contribution is 2.37. The maximum absolute atomic E-state index is 12.0. The van der Waals surface area contributed by atoms with Gasteiger partial charge in [-0.15, -0.1) is 0 Å². The minimum absolute atomic E-state index is 0.0428. The smallest absolute Gasteiger partial charge is 0.292 e. The molecule has 21 heavy (non-hydrogen) atoms. The van der Waals surface area contributed by atoms with Gasteiger partial charge in [0, 0.05) is 12.8 Å². The summed E-state index contributed by atoms with van der Waals surface area (Å²) in [6.45, 7) is 12.6. The SMILES string of the molecule is CC1=C(CCCC(=O)O[Si](C)(C)C(C)(C)C)C(=O)CCC1. The van der Waals surface area contributed by atoms with Gasteiger partial charge >= 0.3 is 0 Å². The molecule has 0 unspecified atom stereocenters. The summed E-state index contributed by atoms with van der Waals surface area (Å²) in [4.78, 5) is 23.9. The van der Waals surface area contributed by atoms with Crippen molar-refractivity contribution in [2.24, 2.45) is 0 Å². The quantitative estimate of drug-likeness (QED) is 0.687. The van der Waals surface area contributed by atoms with Crippen LogP contribution in [-0.4, -0.2) is 20.1 Å². The van der Waals surface area contributed by atoms with E-state index in [2.05, 4.69) is 33.9 Å². The number of hydrogen-bond acceptors (Lipinski definition) is 3. The Hall–Kier alpha value is -0.903. The average Bonchev–Trinajstić information content (AvgIpc) is 2.30. The maximum Gasteiger partial charge on any atom is 0.292 e. The summed E-state index contributed by atoms with van der Waals surface area (Å²) < 4.78 is 5.74. The molecule has 0 aromatic carbocycles. The Balaban J connectivity index is 2.46. The van der Waals surface area contributed by atoms with E-state index in [1.54, 1.807) is 0 Å². The molecule has 0 bridgehead atoms. The second-order valence-electron chi connectivity index (χ2n) is 7.62. The zero-order valence-corrected chi connectivity index (χ0v) is 15.5. The molecule has 120 valence electrons. The summed E-state index contributed by atoms with van der Waals surface area (Å²) in [5, 5.41) is 0.0428. The van der Waals surface area contributed by atoms with Crippen LogP contribution in [0.4, 0.5) is 0 Å². The van der Waals surface area contributed by atoms with Crippen molar-refractivity contribution in [1.29, 1.82) is 0 Å². The fourth-order valence-corrected chi connectivity index (χ4v) is 3.28. The van der Waals surface area contributed by atoms with Crippen molar-refractivity contribution >= 4 is 20.1 Å². The Morgan fingerprint density at radius 1 is 1.24 bits per heavy atom. The van der Waals surface area contributed by atoms with Crippen LogP contribution in [-0.2, 0) is 14.0 Å². The Bertz CT molecular complexity index is 441. The van der Waals surface area contributed by atoms with Crippen molar-refractivity contribution in [3.63, 3.8) is 0 Å². The molecular weight excluding hydrogens is 280 g/mol. The molecule has 0 aromatic heterocycles. The molecule has 1 aliphatic carbocycles. The van der Waals surface area contributed by atoms with Crippen LogP contribution in [0.25, 0.3) is 0 Å². The van der Waals surface area contributed by atoms with Crippen molar-refractivity contribution in [3.05, 3.63) is 11.1 Å². The van der Waals surface area contributed by atoms with Gasteiger partial charge in [-0.05, 0) is 56.3 Å². The van der Waals surface area contributed by atoms with Crippen LogP contribution < -0.4 is 0 Å². The van der Waals surface area contributed by atoms with Crippen molar-refractivity contribution in [2.75, 3.05) is 0 Å². The van der Waals surface area contributed by atoms with E-state index in [-0.39, 0.29) is 16.8 Å². The Labute approximate surface area is 130 Å². The van der Waals surface area contributed by atoms with E-state index >= 15 is 0 Å². The number of carbonyl (C=O) groups excluding carboxylic acids is 2. The van der Waals surface area contributed by atoms with E-state index in [1.807, 2.05) is 6.92 Å². The molecule has 0 atom stereocenters. The highest BCUT2D eigenvalue weighted by Gasteiger charge is 2.40. The Morgan fingerprint density at radius 2 is 1.86 bits per heavy atom. The number of hydrogen-bond donors (Lipinski definition) is 0. The highest BCUT2D eigenvalue weighted by molar-refractivity contribution is 6.75. The van der Waals surface area contributed by atoms with Crippen LogP contribution >= 0.6 is 0 Å². The molecule has 0 aromatic rings. The van der Waals surface area contributed by atoms with Crippen LogP contribution in [0, 0.1) is 0 Å². The molecule has 0 aliphatic heterocycles. The van der Waals surface area contributed by atoms with E-state index in [1.165, 1.54) is 5.57 Å². The lowest BCUT2D eigenvalue weighted by Gasteiger charge is -2.35.